The maximum Gasteiger partial charge on any atom is 0.146 e. The molecule has 0 fully saturated rings. The van der Waals surface area contributed by atoms with Crippen molar-refractivity contribution in [2.24, 2.45) is 0 Å². The summed E-state index contributed by atoms with van der Waals surface area (Å²) in [5, 5.41) is 0. The van der Waals surface area contributed by atoms with E-state index in [1.807, 2.05) is 12.1 Å². The van der Waals surface area contributed by atoms with Crippen LogP contribution in [0.2, 0.25) is 0 Å². The molecule has 4 nitrogen and oxygen atoms in total. The maximum atomic E-state index is 5.68. The Morgan fingerprint density at radius 1 is 1.19 bits per heavy atom. The molecular formula is C11H10IN3O. The molecule has 0 bridgehead atoms. The Hall–Kier alpha value is -1.50. The molecule has 0 radical (unpaired) electrons. The van der Waals surface area contributed by atoms with Crippen LogP contribution in [0.3, 0.4) is 0 Å². The van der Waals surface area contributed by atoms with E-state index in [-0.39, 0.29) is 0 Å². The molecule has 0 saturated heterocycles. The lowest BCUT2D eigenvalue weighted by atomic mass is 10.3. The van der Waals surface area contributed by atoms with Crippen LogP contribution in [0.15, 0.2) is 36.5 Å². The van der Waals surface area contributed by atoms with Gasteiger partial charge in [0.1, 0.15) is 17.3 Å². The van der Waals surface area contributed by atoms with Crippen LogP contribution >= 0.6 is 22.6 Å². The summed E-state index contributed by atoms with van der Waals surface area (Å²) in [4.78, 5) is 3.96. The monoisotopic (exact) mass is 327 g/mol. The van der Waals surface area contributed by atoms with Crippen LogP contribution in [0.5, 0.6) is 11.5 Å². The molecule has 16 heavy (non-hydrogen) atoms. The molecule has 82 valence electrons. The molecule has 0 unspecified atom stereocenters. The quantitative estimate of drug-likeness (QED) is 0.657. The van der Waals surface area contributed by atoms with E-state index >= 15 is 0 Å². The van der Waals surface area contributed by atoms with Gasteiger partial charge in [0.25, 0.3) is 0 Å². The minimum atomic E-state index is 0.460. The number of aromatic nitrogens is 1. The lowest BCUT2D eigenvalue weighted by molar-refractivity contribution is 0.479. The standard InChI is InChI=1S/C11H10IN3O/c12-10-9(4-5-15-11(10)14)16-8-3-1-2-7(13)6-8/h1-6H,13H2,(H2,14,15). The van der Waals surface area contributed by atoms with Gasteiger partial charge in [0.2, 0.25) is 0 Å². The summed E-state index contributed by atoms with van der Waals surface area (Å²) in [6.45, 7) is 0. The Bertz CT molecular complexity index is 516. The van der Waals surface area contributed by atoms with Crippen molar-refractivity contribution in [2.75, 3.05) is 11.5 Å². The van der Waals surface area contributed by atoms with Gasteiger partial charge in [0.15, 0.2) is 0 Å². The Morgan fingerprint density at radius 2 is 2.00 bits per heavy atom. The predicted octanol–water partition coefficient (Wildman–Crippen LogP) is 2.64. The zero-order chi connectivity index (χ0) is 11.5. The average molecular weight is 327 g/mol. The normalized spacial score (nSPS) is 10.1. The number of nitrogens with two attached hydrogens (primary N) is 2. The van der Waals surface area contributed by atoms with Gasteiger partial charge in [-0.25, -0.2) is 4.98 Å². The number of ether oxygens (including phenoxy) is 1. The predicted molar refractivity (Wildman–Crippen MR) is 72.3 cm³/mol. The van der Waals surface area contributed by atoms with Gasteiger partial charge in [-0.2, -0.15) is 0 Å². The number of halogens is 1. The first kappa shape index (κ1) is 11.0. The Kier molecular flexibility index (Phi) is 3.14. The molecular weight excluding hydrogens is 317 g/mol. The molecule has 0 spiro atoms. The maximum absolute atomic E-state index is 5.68. The first-order valence-electron chi connectivity index (χ1n) is 4.60. The zero-order valence-corrected chi connectivity index (χ0v) is 10.5. The van der Waals surface area contributed by atoms with Crippen LogP contribution in [-0.4, -0.2) is 4.98 Å². The van der Waals surface area contributed by atoms with Crippen LogP contribution in [0.4, 0.5) is 11.5 Å². The summed E-state index contributed by atoms with van der Waals surface area (Å²) in [5.41, 5.74) is 12.0. The molecule has 0 aliphatic carbocycles. The van der Waals surface area contributed by atoms with E-state index in [1.165, 1.54) is 0 Å². The second-order valence-corrected chi connectivity index (χ2v) is 4.26. The summed E-state index contributed by atoms with van der Waals surface area (Å²) in [5.74, 6) is 1.82. The van der Waals surface area contributed by atoms with Crippen LogP contribution in [0.25, 0.3) is 0 Å². The number of hydrogen-bond donors (Lipinski definition) is 2. The van der Waals surface area contributed by atoms with Crippen molar-refractivity contribution < 1.29 is 4.74 Å². The van der Waals surface area contributed by atoms with E-state index < -0.39 is 0 Å². The highest BCUT2D eigenvalue weighted by molar-refractivity contribution is 14.1. The molecule has 1 aromatic carbocycles. The van der Waals surface area contributed by atoms with Gasteiger partial charge in [-0.15, -0.1) is 0 Å². The van der Waals surface area contributed by atoms with Crippen LogP contribution in [-0.2, 0) is 0 Å². The Balaban J connectivity index is 2.31. The number of anilines is 2. The van der Waals surface area contributed by atoms with E-state index in [0.717, 1.165) is 3.57 Å². The first-order valence-corrected chi connectivity index (χ1v) is 5.68. The first-order chi connectivity index (χ1) is 7.66. The number of pyridine rings is 1. The van der Waals surface area contributed by atoms with Gasteiger partial charge in [-0.05, 0) is 34.7 Å². The molecule has 1 aromatic heterocycles. The van der Waals surface area contributed by atoms with Crippen molar-refractivity contribution in [3.05, 3.63) is 40.1 Å². The average Bonchev–Trinajstić information content (AvgIpc) is 2.25. The third-order valence-electron chi connectivity index (χ3n) is 1.97. The molecule has 2 aromatic rings. The lowest BCUT2D eigenvalue weighted by Crippen LogP contribution is -1.96. The summed E-state index contributed by atoms with van der Waals surface area (Å²) >= 11 is 2.10. The second-order valence-electron chi connectivity index (χ2n) is 3.18. The zero-order valence-electron chi connectivity index (χ0n) is 8.35. The van der Waals surface area contributed by atoms with E-state index in [0.29, 0.717) is 23.0 Å². The number of hydrogen-bond acceptors (Lipinski definition) is 4. The minimum absolute atomic E-state index is 0.460. The van der Waals surface area contributed by atoms with Gasteiger partial charge < -0.3 is 16.2 Å². The summed E-state index contributed by atoms with van der Waals surface area (Å²) in [6.07, 6.45) is 1.61. The molecule has 5 heteroatoms. The van der Waals surface area contributed by atoms with Crippen molar-refractivity contribution in [2.45, 2.75) is 0 Å². The SMILES string of the molecule is Nc1cccc(Oc2ccnc(N)c2I)c1. The van der Waals surface area contributed by atoms with E-state index in [1.54, 1.807) is 24.4 Å². The Labute approximate surface area is 107 Å². The van der Waals surface area contributed by atoms with Crippen molar-refractivity contribution in [1.82, 2.24) is 4.98 Å². The smallest absolute Gasteiger partial charge is 0.146 e. The fourth-order valence-electron chi connectivity index (χ4n) is 1.23. The van der Waals surface area contributed by atoms with E-state index in [4.69, 9.17) is 16.2 Å². The molecule has 0 amide bonds. The van der Waals surface area contributed by atoms with Crippen molar-refractivity contribution in [1.29, 1.82) is 0 Å². The van der Waals surface area contributed by atoms with Crippen LogP contribution in [0.1, 0.15) is 0 Å². The molecule has 1 heterocycles. The molecule has 0 atom stereocenters. The summed E-state index contributed by atoms with van der Waals surface area (Å²) < 4.78 is 6.46. The van der Waals surface area contributed by atoms with Gasteiger partial charge >= 0.3 is 0 Å². The highest BCUT2D eigenvalue weighted by Crippen LogP contribution is 2.29. The van der Waals surface area contributed by atoms with E-state index in [2.05, 4.69) is 27.6 Å². The third kappa shape index (κ3) is 2.35. The highest BCUT2D eigenvalue weighted by Gasteiger charge is 2.06. The van der Waals surface area contributed by atoms with Crippen molar-refractivity contribution in [3.63, 3.8) is 0 Å². The minimum Gasteiger partial charge on any atom is -0.456 e. The number of rotatable bonds is 2. The lowest BCUT2D eigenvalue weighted by Gasteiger charge is -2.08. The fourth-order valence-corrected chi connectivity index (χ4v) is 1.65. The van der Waals surface area contributed by atoms with Crippen molar-refractivity contribution >= 4 is 34.1 Å². The fraction of sp³-hybridized carbons (Fsp3) is 0. The Morgan fingerprint density at radius 3 is 2.75 bits per heavy atom. The number of benzene rings is 1. The topological polar surface area (TPSA) is 74.2 Å². The summed E-state index contributed by atoms with van der Waals surface area (Å²) in [7, 11) is 0. The van der Waals surface area contributed by atoms with Crippen LogP contribution < -0.4 is 16.2 Å². The van der Waals surface area contributed by atoms with Crippen LogP contribution in [0, 0.1) is 3.57 Å². The molecule has 0 saturated carbocycles. The largest absolute Gasteiger partial charge is 0.456 e. The number of nitrogen functional groups attached to an aromatic ring is 2. The highest BCUT2D eigenvalue weighted by atomic mass is 127. The molecule has 4 N–H and O–H groups in total. The molecule has 2 rings (SSSR count). The van der Waals surface area contributed by atoms with Crippen molar-refractivity contribution in [3.8, 4) is 11.5 Å². The van der Waals surface area contributed by atoms with E-state index in [9.17, 15) is 0 Å². The second kappa shape index (κ2) is 4.56. The van der Waals surface area contributed by atoms with Gasteiger partial charge in [-0.3, -0.25) is 0 Å². The number of nitrogens with zero attached hydrogens (tertiary/aromatic N) is 1. The molecule has 0 aliphatic rings. The van der Waals surface area contributed by atoms with Gasteiger partial charge in [-0.1, -0.05) is 6.07 Å². The van der Waals surface area contributed by atoms with Gasteiger partial charge in [0, 0.05) is 24.0 Å². The third-order valence-corrected chi connectivity index (χ3v) is 3.05. The van der Waals surface area contributed by atoms with Gasteiger partial charge in [0.05, 0.1) is 3.57 Å². The molecule has 0 aliphatic heterocycles. The summed E-state index contributed by atoms with van der Waals surface area (Å²) in [6, 6.07) is 9.00.